The molecule has 0 saturated heterocycles. The van der Waals surface area contributed by atoms with E-state index in [0.29, 0.717) is 5.92 Å². The summed E-state index contributed by atoms with van der Waals surface area (Å²) in [5.41, 5.74) is 7.68. The summed E-state index contributed by atoms with van der Waals surface area (Å²) in [5.74, 6) is 0.610. The van der Waals surface area contributed by atoms with Crippen molar-refractivity contribution in [2.45, 2.75) is 25.7 Å². The molecule has 0 atom stereocenters. The predicted molar refractivity (Wildman–Crippen MR) is 110 cm³/mol. The van der Waals surface area contributed by atoms with Crippen LogP contribution in [0.25, 0.3) is 5.65 Å². The number of aryl methyl sites for hydroxylation is 1. The lowest BCUT2D eigenvalue weighted by Gasteiger charge is -2.11. The summed E-state index contributed by atoms with van der Waals surface area (Å²) in [6, 6.07) is 23.1. The van der Waals surface area contributed by atoms with Crippen molar-refractivity contribution in [3.8, 4) is 0 Å². The van der Waals surface area contributed by atoms with Gasteiger partial charge in [-0.2, -0.15) is 0 Å². The molecule has 2 heterocycles. The number of benzene rings is 2. The van der Waals surface area contributed by atoms with Gasteiger partial charge in [0.25, 0.3) is 0 Å². The van der Waals surface area contributed by atoms with Crippen LogP contribution in [-0.2, 0) is 0 Å². The van der Waals surface area contributed by atoms with Gasteiger partial charge in [-0.05, 0) is 37.3 Å². The zero-order chi connectivity index (χ0) is 18.2. The Hall–Kier alpha value is -3.20. The third-order valence-corrected chi connectivity index (χ3v) is 5.07. The highest BCUT2D eigenvalue weighted by atomic mass is 15.0. The minimum Gasteiger partial charge on any atom is -0.305 e. The average Bonchev–Trinajstić information content (AvgIpc) is 3.48. The first-order chi connectivity index (χ1) is 13.3. The first-order valence-corrected chi connectivity index (χ1v) is 9.47. The van der Waals surface area contributed by atoms with Crippen molar-refractivity contribution in [2.75, 3.05) is 0 Å². The van der Waals surface area contributed by atoms with Crippen molar-refractivity contribution in [3.63, 3.8) is 0 Å². The molecule has 1 aliphatic carbocycles. The van der Waals surface area contributed by atoms with Crippen LogP contribution in [-0.4, -0.2) is 15.1 Å². The fourth-order valence-corrected chi connectivity index (χ4v) is 3.59. The molecule has 132 valence electrons. The van der Waals surface area contributed by atoms with Crippen LogP contribution in [0.3, 0.4) is 0 Å². The molecule has 0 unspecified atom stereocenters. The maximum absolute atomic E-state index is 5.19. The Morgan fingerprint density at radius 2 is 1.56 bits per heavy atom. The molecule has 3 nitrogen and oxygen atoms in total. The Morgan fingerprint density at radius 3 is 2.15 bits per heavy atom. The molecular weight excluding hydrogens is 330 g/mol. The van der Waals surface area contributed by atoms with Crippen molar-refractivity contribution in [2.24, 2.45) is 4.99 Å². The van der Waals surface area contributed by atoms with Gasteiger partial charge in [-0.15, -0.1) is 0 Å². The lowest BCUT2D eigenvalue weighted by atomic mass is 10.0. The lowest BCUT2D eigenvalue weighted by Crippen LogP contribution is -2.03. The van der Waals surface area contributed by atoms with Gasteiger partial charge in [0, 0.05) is 23.5 Å². The second kappa shape index (κ2) is 6.51. The van der Waals surface area contributed by atoms with E-state index in [0.717, 1.165) is 33.9 Å². The fourth-order valence-electron chi connectivity index (χ4n) is 3.59. The molecule has 4 aromatic rings. The molecule has 1 fully saturated rings. The molecule has 0 N–H and O–H groups in total. The summed E-state index contributed by atoms with van der Waals surface area (Å²) in [6.07, 6.45) is 6.68. The first-order valence-electron chi connectivity index (χ1n) is 9.47. The highest BCUT2D eigenvalue weighted by Gasteiger charge is 2.27. The number of fused-ring (bicyclic) bond motifs is 1. The summed E-state index contributed by atoms with van der Waals surface area (Å²) >= 11 is 0. The molecule has 0 aliphatic heterocycles. The van der Waals surface area contributed by atoms with Crippen LogP contribution in [0.1, 0.15) is 41.1 Å². The number of imidazole rings is 1. The normalized spacial score (nSPS) is 13.7. The third-order valence-electron chi connectivity index (χ3n) is 5.07. The van der Waals surface area contributed by atoms with Crippen molar-refractivity contribution in [1.82, 2.24) is 9.38 Å². The van der Waals surface area contributed by atoms with Crippen LogP contribution in [0.2, 0.25) is 0 Å². The summed E-state index contributed by atoms with van der Waals surface area (Å²) in [6.45, 7) is 2.03. The minimum absolute atomic E-state index is 0.610. The van der Waals surface area contributed by atoms with Gasteiger partial charge in [-0.25, -0.2) is 9.98 Å². The van der Waals surface area contributed by atoms with E-state index in [2.05, 4.69) is 76.4 Å². The quantitative estimate of drug-likeness (QED) is 0.434. The number of aliphatic imine (C=N–C) groups is 1. The molecule has 2 aromatic heterocycles. The minimum atomic E-state index is 0.610. The van der Waals surface area contributed by atoms with Gasteiger partial charge in [0.2, 0.25) is 0 Å². The summed E-state index contributed by atoms with van der Waals surface area (Å²) < 4.78 is 2.09. The Kier molecular flexibility index (Phi) is 3.86. The van der Waals surface area contributed by atoms with E-state index in [-0.39, 0.29) is 0 Å². The van der Waals surface area contributed by atoms with Crippen LogP contribution in [0.4, 0.5) is 5.69 Å². The molecule has 0 radical (unpaired) electrons. The Balaban J connectivity index is 1.73. The highest BCUT2D eigenvalue weighted by Crippen LogP contribution is 2.45. The zero-order valence-electron chi connectivity index (χ0n) is 15.3. The van der Waals surface area contributed by atoms with Gasteiger partial charge in [-0.1, -0.05) is 60.7 Å². The molecule has 2 aromatic carbocycles. The first kappa shape index (κ1) is 16.0. The van der Waals surface area contributed by atoms with Crippen molar-refractivity contribution >= 4 is 17.0 Å². The SMILES string of the molecule is Cc1cn2cc(N=C(c3ccccc3)c3ccccc3)c(C3CC3)cc2n1. The average molecular weight is 351 g/mol. The van der Waals surface area contributed by atoms with Gasteiger partial charge in [0.1, 0.15) is 5.65 Å². The van der Waals surface area contributed by atoms with E-state index in [1.807, 2.05) is 19.1 Å². The van der Waals surface area contributed by atoms with E-state index in [4.69, 9.17) is 4.99 Å². The van der Waals surface area contributed by atoms with E-state index >= 15 is 0 Å². The monoisotopic (exact) mass is 351 g/mol. The number of pyridine rings is 1. The van der Waals surface area contributed by atoms with Crippen LogP contribution < -0.4 is 0 Å². The molecule has 0 spiro atoms. The number of hydrogen-bond donors (Lipinski definition) is 0. The standard InChI is InChI=1S/C24H21N3/c1-17-15-27-16-22(21(18-12-13-18)14-23(27)25-17)26-24(19-8-4-2-5-9-19)20-10-6-3-7-11-20/h2-11,14-16,18H,12-13H2,1H3. The molecule has 5 rings (SSSR count). The predicted octanol–water partition coefficient (Wildman–Crippen LogP) is 5.69. The summed E-state index contributed by atoms with van der Waals surface area (Å²) in [4.78, 5) is 9.82. The van der Waals surface area contributed by atoms with Crippen LogP contribution >= 0.6 is 0 Å². The Morgan fingerprint density at radius 1 is 0.926 bits per heavy atom. The van der Waals surface area contributed by atoms with Crippen LogP contribution in [0, 0.1) is 6.92 Å². The van der Waals surface area contributed by atoms with Crippen LogP contribution in [0.5, 0.6) is 0 Å². The number of nitrogens with zero attached hydrogens (tertiary/aromatic N) is 3. The van der Waals surface area contributed by atoms with Crippen molar-refractivity contribution in [1.29, 1.82) is 0 Å². The number of aromatic nitrogens is 2. The largest absolute Gasteiger partial charge is 0.305 e. The highest BCUT2D eigenvalue weighted by molar-refractivity contribution is 6.14. The summed E-state index contributed by atoms with van der Waals surface area (Å²) in [5, 5.41) is 0. The topological polar surface area (TPSA) is 29.7 Å². The molecule has 1 aliphatic rings. The van der Waals surface area contributed by atoms with Crippen LogP contribution in [0.15, 0.2) is 84.1 Å². The van der Waals surface area contributed by atoms with E-state index < -0.39 is 0 Å². The molecule has 3 heteroatoms. The second-order valence-electron chi connectivity index (χ2n) is 7.23. The third kappa shape index (κ3) is 3.17. The molecule has 27 heavy (non-hydrogen) atoms. The zero-order valence-corrected chi connectivity index (χ0v) is 15.3. The molecule has 1 saturated carbocycles. The maximum Gasteiger partial charge on any atom is 0.137 e. The Bertz CT molecular complexity index is 1080. The summed E-state index contributed by atoms with van der Waals surface area (Å²) in [7, 11) is 0. The fraction of sp³-hybridized carbons (Fsp3) is 0.167. The second-order valence-corrected chi connectivity index (χ2v) is 7.23. The number of rotatable bonds is 4. The van der Waals surface area contributed by atoms with Gasteiger partial charge >= 0.3 is 0 Å². The van der Waals surface area contributed by atoms with E-state index in [9.17, 15) is 0 Å². The maximum atomic E-state index is 5.19. The van der Waals surface area contributed by atoms with E-state index in [1.165, 1.54) is 18.4 Å². The molecule has 0 bridgehead atoms. The number of hydrogen-bond acceptors (Lipinski definition) is 2. The van der Waals surface area contributed by atoms with E-state index in [1.54, 1.807) is 0 Å². The van der Waals surface area contributed by atoms with Gasteiger partial charge in [0.15, 0.2) is 0 Å². The smallest absolute Gasteiger partial charge is 0.137 e. The van der Waals surface area contributed by atoms with Crippen molar-refractivity contribution in [3.05, 3.63) is 102 Å². The Labute approximate surface area is 159 Å². The van der Waals surface area contributed by atoms with Gasteiger partial charge in [0.05, 0.1) is 17.1 Å². The molecule has 0 amide bonds. The lowest BCUT2D eigenvalue weighted by molar-refractivity contribution is 1.08. The van der Waals surface area contributed by atoms with Gasteiger partial charge < -0.3 is 4.40 Å². The van der Waals surface area contributed by atoms with Gasteiger partial charge in [-0.3, -0.25) is 0 Å². The molecular formula is C24H21N3. The van der Waals surface area contributed by atoms with Crippen molar-refractivity contribution < 1.29 is 0 Å².